The van der Waals surface area contributed by atoms with Gasteiger partial charge in [0.25, 0.3) is 5.56 Å². The first-order valence-electron chi connectivity index (χ1n) is 7.24. The van der Waals surface area contributed by atoms with Gasteiger partial charge in [0.1, 0.15) is 11.6 Å². The summed E-state index contributed by atoms with van der Waals surface area (Å²) in [6, 6.07) is 7.44. The third-order valence-electron chi connectivity index (χ3n) is 3.45. The summed E-state index contributed by atoms with van der Waals surface area (Å²) < 4.78 is 7.39. The second-order valence-corrected chi connectivity index (χ2v) is 4.93. The second-order valence-electron chi connectivity index (χ2n) is 4.93. The molecular weight excluding hydrogens is 351 g/mol. The van der Waals surface area contributed by atoms with E-state index in [1.165, 1.54) is 0 Å². The van der Waals surface area contributed by atoms with Crippen LogP contribution in [-0.2, 0) is 6.54 Å². The maximum Gasteiger partial charge on any atom is 0.259 e. The Hall–Kier alpha value is -2.02. The van der Waals surface area contributed by atoms with Crippen molar-refractivity contribution in [1.29, 1.82) is 0 Å². The Morgan fingerprint density at radius 1 is 1.29 bits per heavy atom. The van der Waals surface area contributed by atoms with E-state index in [9.17, 15) is 4.79 Å². The summed E-state index contributed by atoms with van der Waals surface area (Å²) in [5, 5.41) is 0.905. The fourth-order valence-corrected chi connectivity index (χ4v) is 2.48. The molecule has 0 saturated heterocycles. The molecule has 0 fully saturated rings. The van der Waals surface area contributed by atoms with E-state index >= 15 is 0 Å². The van der Waals surface area contributed by atoms with Gasteiger partial charge >= 0.3 is 0 Å². The number of aromatic amines is 1. The number of H-pyrrole nitrogens is 1. The Labute approximate surface area is 151 Å². The highest BCUT2D eigenvalue weighted by Gasteiger charge is 2.11. The van der Waals surface area contributed by atoms with Crippen molar-refractivity contribution in [2.45, 2.75) is 13.5 Å². The van der Waals surface area contributed by atoms with Gasteiger partial charge in [-0.2, -0.15) is 0 Å². The molecule has 0 unspecified atom stereocenters. The van der Waals surface area contributed by atoms with E-state index in [0.717, 1.165) is 16.7 Å². The SMILES string of the molecule is CCOc1ccc2[nH]c(=O)c(-c3nccn3CCN)cc2c1.Cl.Cl. The van der Waals surface area contributed by atoms with Gasteiger partial charge in [-0.1, -0.05) is 0 Å². The zero-order chi connectivity index (χ0) is 15.5. The molecule has 0 spiro atoms. The molecule has 0 aliphatic rings. The number of aromatic nitrogens is 3. The van der Waals surface area contributed by atoms with Crippen LogP contribution in [0.5, 0.6) is 5.75 Å². The highest BCUT2D eigenvalue weighted by atomic mass is 35.5. The third kappa shape index (κ3) is 3.90. The Kier molecular flexibility index (Phi) is 7.28. The fraction of sp³-hybridized carbons (Fsp3) is 0.250. The van der Waals surface area contributed by atoms with E-state index < -0.39 is 0 Å². The second kappa shape index (κ2) is 8.73. The zero-order valence-corrected chi connectivity index (χ0v) is 14.8. The topological polar surface area (TPSA) is 85.9 Å². The minimum absolute atomic E-state index is 0. The minimum Gasteiger partial charge on any atom is -0.494 e. The molecule has 3 N–H and O–H groups in total. The minimum atomic E-state index is -0.166. The Morgan fingerprint density at radius 2 is 2.08 bits per heavy atom. The molecule has 0 atom stereocenters. The molecule has 1 aromatic carbocycles. The van der Waals surface area contributed by atoms with E-state index in [-0.39, 0.29) is 30.4 Å². The molecule has 24 heavy (non-hydrogen) atoms. The standard InChI is InChI=1S/C16H18N4O2.2ClH/c1-2-22-12-3-4-14-11(9-12)10-13(16(21)19-14)15-18-6-8-20(15)7-5-17;;/h3-4,6,8-10H,2,5,7,17H2,1H3,(H,19,21);2*1H. The summed E-state index contributed by atoms with van der Waals surface area (Å²) in [4.78, 5) is 19.5. The molecule has 0 saturated carbocycles. The Morgan fingerprint density at radius 3 is 2.79 bits per heavy atom. The number of imidazole rings is 1. The van der Waals surface area contributed by atoms with Crippen molar-refractivity contribution in [2.75, 3.05) is 13.2 Å². The zero-order valence-electron chi connectivity index (χ0n) is 13.2. The monoisotopic (exact) mass is 370 g/mol. The lowest BCUT2D eigenvalue weighted by Gasteiger charge is -2.08. The van der Waals surface area contributed by atoms with Gasteiger partial charge < -0.3 is 20.0 Å². The van der Waals surface area contributed by atoms with Crippen molar-refractivity contribution >= 4 is 35.7 Å². The smallest absolute Gasteiger partial charge is 0.259 e. The summed E-state index contributed by atoms with van der Waals surface area (Å²) in [7, 11) is 0. The largest absolute Gasteiger partial charge is 0.494 e. The van der Waals surface area contributed by atoms with Gasteiger partial charge in [0.2, 0.25) is 0 Å². The summed E-state index contributed by atoms with van der Waals surface area (Å²) >= 11 is 0. The van der Waals surface area contributed by atoms with E-state index in [0.29, 0.717) is 31.1 Å². The molecule has 8 heteroatoms. The lowest BCUT2D eigenvalue weighted by Crippen LogP contribution is -2.15. The van der Waals surface area contributed by atoms with Gasteiger partial charge in [0, 0.05) is 36.4 Å². The van der Waals surface area contributed by atoms with E-state index in [2.05, 4.69) is 9.97 Å². The van der Waals surface area contributed by atoms with Crippen molar-refractivity contribution in [3.63, 3.8) is 0 Å². The summed E-state index contributed by atoms with van der Waals surface area (Å²) in [6.07, 6.45) is 3.49. The highest BCUT2D eigenvalue weighted by molar-refractivity contribution is 5.85. The molecule has 0 radical (unpaired) electrons. The van der Waals surface area contributed by atoms with Gasteiger partial charge in [0.05, 0.1) is 12.2 Å². The first-order chi connectivity index (χ1) is 10.7. The van der Waals surface area contributed by atoms with Crippen LogP contribution in [0.15, 0.2) is 41.5 Å². The number of ether oxygens (including phenoxy) is 1. The van der Waals surface area contributed by atoms with Gasteiger partial charge in [0.15, 0.2) is 0 Å². The third-order valence-corrected chi connectivity index (χ3v) is 3.45. The predicted octanol–water partition coefficient (Wildman–Crippen LogP) is 2.59. The lowest BCUT2D eigenvalue weighted by atomic mass is 10.1. The molecule has 3 rings (SSSR count). The molecular formula is C16H20Cl2N4O2. The van der Waals surface area contributed by atoms with E-state index in [1.807, 2.05) is 42.0 Å². The lowest BCUT2D eigenvalue weighted by molar-refractivity contribution is 0.340. The maximum atomic E-state index is 12.3. The molecule has 2 aromatic heterocycles. The normalized spacial score (nSPS) is 10.1. The van der Waals surface area contributed by atoms with Crippen LogP contribution in [0.4, 0.5) is 0 Å². The Balaban J connectivity index is 0.00000144. The quantitative estimate of drug-likeness (QED) is 0.722. The summed E-state index contributed by atoms with van der Waals surface area (Å²) in [5.41, 5.74) is 6.73. The van der Waals surface area contributed by atoms with Crippen molar-refractivity contribution < 1.29 is 4.74 Å². The first-order valence-corrected chi connectivity index (χ1v) is 7.24. The number of hydrogen-bond acceptors (Lipinski definition) is 4. The van der Waals surface area contributed by atoms with Gasteiger partial charge in [-0.05, 0) is 31.2 Å². The molecule has 0 aliphatic heterocycles. The average molecular weight is 371 g/mol. The maximum absolute atomic E-state index is 12.3. The number of pyridine rings is 1. The van der Waals surface area contributed by atoms with Crippen LogP contribution in [0, 0.1) is 0 Å². The summed E-state index contributed by atoms with van der Waals surface area (Å²) in [6.45, 7) is 3.64. The summed E-state index contributed by atoms with van der Waals surface area (Å²) in [5.74, 6) is 1.40. The van der Waals surface area contributed by atoms with Crippen LogP contribution in [0.3, 0.4) is 0 Å². The number of hydrogen-bond donors (Lipinski definition) is 2. The highest BCUT2D eigenvalue weighted by Crippen LogP contribution is 2.22. The van der Waals surface area contributed by atoms with E-state index in [1.54, 1.807) is 6.20 Å². The number of nitrogens with zero attached hydrogens (tertiary/aromatic N) is 2. The van der Waals surface area contributed by atoms with Crippen molar-refractivity contribution in [1.82, 2.24) is 14.5 Å². The number of fused-ring (bicyclic) bond motifs is 1. The van der Waals surface area contributed by atoms with Crippen molar-refractivity contribution in [3.8, 4) is 17.1 Å². The van der Waals surface area contributed by atoms with Crippen molar-refractivity contribution in [2.24, 2.45) is 5.73 Å². The molecule has 130 valence electrons. The Bertz CT molecular complexity index is 861. The van der Waals surface area contributed by atoms with Crippen molar-refractivity contribution in [3.05, 3.63) is 47.0 Å². The van der Waals surface area contributed by atoms with Gasteiger partial charge in [-0.3, -0.25) is 4.79 Å². The number of nitrogens with two attached hydrogens (primary N) is 1. The number of rotatable bonds is 5. The molecule has 6 nitrogen and oxygen atoms in total. The van der Waals surface area contributed by atoms with E-state index in [4.69, 9.17) is 10.5 Å². The van der Waals surface area contributed by atoms with Gasteiger partial charge in [-0.25, -0.2) is 4.98 Å². The van der Waals surface area contributed by atoms with Crippen LogP contribution in [0.1, 0.15) is 6.92 Å². The first kappa shape index (κ1) is 20.0. The molecule has 0 aliphatic carbocycles. The van der Waals surface area contributed by atoms with Crippen LogP contribution in [0.25, 0.3) is 22.3 Å². The average Bonchev–Trinajstić information content (AvgIpc) is 2.96. The van der Waals surface area contributed by atoms with Crippen LogP contribution < -0.4 is 16.0 Å². The van der Waals surface area contributed by atoms with Gasteiger partial charge in [-0.15, -0.1) is 24.8 Å². The van der Waals surface area contributed by atoms with Crippen LogP contribution in [-0.4, -0.2) is 27.7 Å². The van der Waals surface area contributed by atoms with Crippen LogP contribution in [0.2, 0.25) is 0 Å². The fourth-order valence-electron chi connectivity index (χ4n) is 2.48. The number of nitrogens with one attached hydrogen (secondary N) is 1. The predicted molar refractivity (Wildman–Crippen MR) is 101 cm³/mol. The molecule has 3 aromatic rings. The molecule has 0 bridgehead atoms. The van der Waals surface area contributed by atoms with Crippen LogP contribution >= 0.6 is 24.8 Å². The number of benzene rings is 1. The molecule has 0 amide bonds. The molecule has 2 heterocycles. The number of halogens is 2.